The van der Waals surface area contributed by atoms with Crippen LogP contribution in [0.25, 0.3) is 0 Å². The minimum atomic E-state index is -0.723. The minimum Gasteiger partial charge on any atom is -0.491 e. The molecule has 0 saturated carbocycles. The average Bonchev–Trinajstić information content (AvgIpc) is 3.05. The highest BCUT2D eigenvalue weighted by Gasteiger charge is 2.12. The molecule has 2 amide bonds. The quantitative estimate of drug-likeness (QED) is 0.727. The van der Waals surface area contributed by atoms with Crippen LogP contribution in [-0.2, 0) is 0 Å². The van der Waals surface area contributed by atoms with Crippen LogP contribution < -0.4 is 15.4 Å². The number of ether oxygens (including phenoxy) is 1. The highest BCUT2D eigenvalue weighted by Crippen LogP contribution is 2.17. The first-order valence-corrected chi connectivity index (χ1v) is 8.07. The molecule has 2 atom stereocenters. The van der Waals surface area contributed by atoms with Crippen LogP contribution in [0, 0.1) is 5.82 Å². The van der Waals surface area contributed by atoms with Crippen molar-refractivity contribution in [3.63, 3.8) is 0 Å². The van der Waals surface area contributed by atoms with Crippen molar-refractivity contribution >= 4 is 17.4 Å². The van der Waals surface area contributed by atoms with Gasteiger partial charge in [0.25, 0.3) is 0 Å². The van der Waals surface area contributed by atoms with Crippen LogP contribution in [0.5, 0.6) is 5.75 Å². The maximum Gasteiger partial charge on any atom is 0.315 e. The maximum absolute atomic E-state index is 13.0. The van der Waals surface area contributed by atoms with Gasteiger partial charge in [0, 0.05) is 10.9 Å². The van der Waals surface area contributed by atoms with Gasteiger partial charge in [-0.3, -0.25) is 0 Å². The molecule has 1 aromatic heterocycles. The van der Waals surface area contributed by atoms with E-state index in [2.05, 4.69) is 10.6 Å². The van der Waals surface area contributed by atoms with Crippen LogP contribution >= 0.6 is 11.3 Å². The number of carbonyl (C=O) groups excluding carboxylic acids is 1. The molecule has 0 bridgehead atoms. The molecule has 2 rings (SSSR count). The van der Waals surface area contributed by atoms with Gasteiger partial charge in [0.2, 0.25) is 0 Å². The largest absolute Gasteiger partial charge is 0.491 e. The first-order valence-electron chi connectivity index (χ1n) is 7.19. The third-order valence-corrected chi connectivity index (χ3v) is 3.97. The second-order valence-corrected chi connectivity index (χ2v) is 6.03. The second-order valence-electron chi connectivity index (χ2n) is 5.06. The summed E-state index contributed by atoms with van der Waals surface area (Å²) < 4.78 is 18.4. The molecule has 0 saturated heterocycles. The summed E-state index contributed by atoms with van der Waals surface area (Å²) in [5, 5.41) is 17.0. The smallest absolute Gasteiger partial charge is 0.315 e. The van der Waals surface area contributed by atoms with Crippen LogP contribution in [-0.4, -0.2) is 30.3 Å². The SMILES string of the molecule is C[C@@H](COc1cccc(F)c1)NC(=O)NC[C@@H](O)c1cccs1. The molecule has 0 spiro atoms. The highest BCUT2D eigenvalue weighted by atomic mass is 32.1. The molecule has 7 heteroatoms. The molecular weight excluding hydrogens is 319 g/mol. The summed E-state index contributed by atoms with van der Waals surface area (Å²) >= 11 is 1.43. The van der Waals surface area contributed by atoms with Crippen molar-refractivity contribution < 1.29 is 19.0 Å². The Morgan fingerprint density at radius 2 is 2.22 bits per heavy atom. The zero-order valence-corrected chi connectivity index (χ0v) is 13.5. The molecule has 2 aromatic rings. The average molecular weight is 338 g/mol. The molecule has 23 heavy (non-hydrogen) atoms. The molecule has 0 radical (unpaired) electrons. The molecule has 0 aliphatic carbocycles. The van der Waals surface area contributed by atoms with Crippen LogP contribution in [0.1, 0.15) is 17.9 Å². The summed E-state index contributed by atoms with van der Waals surface area (Å²) in [6.45, 7) is 2.11. The lowest BCUT2D eigenvalue weighted by Gasteiger charge is -2.16. The number of halogens is 1. The fourth-order valence-corrected chi connectivity index (χ4v) is 2.58. The fourth-order valence-electron chi connectivity index (χ4n) is 1.87. The van der Waals surface area contributed by atoms with Gasteiger partial charge in [-0.05, 0) is 30.5 Å². The summed E-state index contributed by atoms with van der Waals surface area (Å²) in [7, 11) is 0. The van der Waals surface area contributed by atoms with E-state index in [1.165, 1.54) is 23.5 Å². The number of amides is 2. The molecule has 0 aliphatic heterocycles. The van der Waals surface area contributed by atoms with Crippen molar-refractivity contribution in [2.75, 3.05) is 13.2 Å². The van der Waals surface area contributed by atoms with Gasteiger partial charge in [0.05, 0.1) is 12.6 Å². The Balaban J connectivity index is 1.68. The Labute approximate surface area is 138 Å². The zero-order valence-electron chi connectivity index (χ0n) is 12.7. The van der Waals surface area contributed by atoms with Gasteiger partial charge >= 0.3 is 6.03 Å². The third-order valence-electron chi connectivity index (χ3n) is 3.00. The van der Waals surface area contributed by atoms with Crippen molar-refractivity contribution in [2.45, 2.75) is 19.1 Å². The lowest BCUT2D eigenvalue weighted by atomic mass is 10.3. The van der Waals surface area contributed by atoms with Gasteiger partial charge in [0.1, 0.15) is 24.3 Å². The molecule has 0 aliphatic rings. The summed E-state index contributed by atoms with van der Waals surface area (Å²) in [5.41, 5.74) is 0. The van der Waals surface area contributed by atoms with Crippen molar-refractivity contribution in [1.82, 2.24) is 10.6 Å². The monoisotopic (exact) mass is 338 g/mol. The molecule has 5 nitrogen and oxygen atoms in total. The van der Waals surface area contributed by atoms with E-state index in [9.17, 15) is 14.3 Å². The van der Waals surface area contributed by atoms with E-state index in [4.69, 9.17) is 4.74 Å². The number of hydrogen-bond acceptors (Lipinski definition) is 4. The molecular formula is C16H19FN2O3S. The number of aliphatic hydroxyl groups excluding tert-OH is 1. The molecule has 1 heterocycles. The van der Waals surface area contributed by atoms with E-state index in [1.807, 2.05) is 17.5 Å². The molecule has 0 unspecified atom stereocenters. The van der Waals surface area contributed by atoms with Crippen molar-refractivity contribution in [3.05, 3.63) is 52.5 Å². The normalized spacial score (nSPS) is 13.2. The lowest BCUT2D eigenvalue weighted by Crippen LogP contribution is -2.44. The predicted octanol–water partition coefficient (Wildman–Crippen LogP) is 2.69. The standard InChI is InChI=1S/C16H19FN2O3S/c1-11(10-22-13-5-2-4-12(17)8-13)19-16(21)18-9-14(20)15-6-3-7-23-15/h2-8,11,14,20H,9-10H2,1H3,(H2,18,19,21)/t11-,14+/m0/s1. The number of carbonyl (C=O) groups is 1. The number of urea groups is 1. The topological polar surface area (TPSA) is 70.6 Å². The first-order chi connectivity index (χ1) is 11.0. The van der Waals surface area contributed by atoms with Gasteiger partial charge in [-0.2, -0.15) is 0 Å². The van der Waals surface area contributed by atoms with Crippen molar-refractivity contribution in [2.24, 2.45) is 0 Å². The van der Waals surface area contributed by atoms with E-state index in [-0.39, 0.29) is 25.0 Å². The van der Waals surface area contributed by atoms with Gasteiger partial charge in [-0.1, -0.05) is 12.1 Å². The summed E-state index contributed by atoms with van der Waals surface area (Å²) in [6.07, 6.45) is -0.723. The van der Waals surface area contributed by atoms with Crippen LogP contribution in [0.4, 0.5) is 9.18 Å². The van der Waals surface area contributed by atoms with Gasteiger partial charge in [-0.15, -0.1) is 11.3 Å². The third kappa shape index (κ3) is 5.88. The number of rotatable bonds is 7. The Morgan fingerprint density at radius 3 is 2.91 bits per heavy atom. The second kappa shape index (κ2) is 8.50. The first kappa shape index (κ1) is 17.2. The Morgan fingerprint density at radius 1 is 1.39 bits per heavy atom. The van der Waals surface area contributed by atoms with E-state index in [0.717, 1.165) is 4.88 Å². The van der Waals surface area contributed by atoms with E-state index in [1.54, 1.807) is 19.1 Å². The summed E-state index contributed by atoms with van der Waals surface area (Å²) in [6, 6.07) is 8.81. The number of aliphatic hydroxyl groups is 1. The number of hydrogen-bond donors (Lipinski definition) is 3. The lowest BCUT2D eigenvalue weighted by molar-refractivity contribution is 0.174. The molecule has 1 aromatic carbocycles. The minimum absolute atomic E-state index is 0.129. The summed E-state index contributed by atoms with van der Waals surface area (Å²) in [5.74, 6) is 0.0376. The number of nitrogens with one attached hydrogen (secondary N) is 2. The van der Waals surface area contributed by atoms with Crippen LogP contribution in [0.15, 0.2) is 41.8 Å². The van der Waals surface area contributed by atoms with Crippen molar-refractivity contribution in [1.29, 1.82) is 0 Å². The van der Waals surface area contributed by atoms with Crippen molar-refractivity contribution in [3.8, 4) is 5.75 Å². The predicted molar refractivity (Wildman–Crippen MR) is 87.2 cm³/mol. The van der Waals surface area contributed by atoms with Crippen LogP contribution in [0.2, 0.25) is 0 Å². The Hall–Kier alpha value is -2.12. The Bertz CT molecular complexity index is 622. The zero-order chi connectivity index (χ0) is 16.7. The highest BCUT2D eigenvalue weighted by molar-refractivity contribution is 7.10. The van der Waals surface area contributed by atoms with E-state index >= 15 is 0 Å². The van der Waals surface area contributed by atoms with E-state index < -0.39 is 12.1 Å². The van der Waals surface area contributed by atoms with Gasteiger partial charge < -0.3 is 20.5 Å². The molecule has 3 N–H and O–H groups in total. The molecule has 124 valence electrons. The Kier molecular flexibility index (Phi) is 6.37. The summed E-state index contributed by atoms with van der Waals surface area (Å²) in [4.78, 5) is 12.5. The van der Waals surface area contributed by atoms with Crippen LogP contribution in [0.3, 0.4) is 0 Å². The van der Waals surface area contributed by atoms with E-state index in [0.29, 0.717) is 5.75 Å². The number of benzene rings is 1. The number of thiophene rings is 1. The fraction of sp³-hybridized carbons (Fsp3) is 0.312. The van der Waals surface area contributed by atoms with Gasteiger partial charge in [-0.25, -0.2) is 9.18 Å². The molecule has 0 fully saturated rings. The van der Waals surface area contributed by atoms with Gasteiger partial charge in [0.15, 0.2) is 0 Å². The maximum atomic E-state index is 13.0.